The first-order valence-corrected chi connectivity index (χ1v) is 7.33. The Balaban J connectivity index is 2.25. The van der Waals surface area contributed by atoms with E-state index in [1.54, 1.807) is 0 Å². The Bertz CT molecular complexity index is 293. The summed E-state index contributed by atoms with van der Waals surface area (Å²) in [6, 6.07) is 4.36. The van der Waals surface area contributed by atoms with Crippen LogP contribution in [0.3, 0.4) is 0 Å². The molecule has 2 nitrogen and oxygen atoms in total. The molecule has 1 rings (SSSR count). The van der Waals surface area contributed by atoms with Gasteiger partial charge in [-0.1, -0.05) is 26.8 Å². The first kappa shape index (κ1) is 14.7. The van der Waals surface area contributed by atoms with Gasteiger partial charge < -0.3 is 10.2 Å². The second kappa shape index (κ2) is 7.14. The fourth-order valence-corrected chi connectivity index (χ4v) is 2.78. The third kappa shape index (κ3) is 6.20. The molecule has 1 heterocycles. The van der Waals surface area contributed by atoms with Crippen LogP contribution in [-0.2, 0) is 6.42 Å². The Morgan fingerprint density at radius 3 is 2.76 bits per heavy atom. The predicted octanol–water partition coefficient (Wildman–Crippen LogP) is 2.86. The standard InChI is InChI=1S/C14H26N2S/c1-5-15-11-14(2,3)12-16(4)9-8-13-7-6-10-17-13/h6-7,10,15H,5,8-9,11-12H2,1-4H3. The molecule has 0 saturated carbocycles. The van der Waals surface area contributed by atoms with E-state index in [2.05, 4.69) is 55.5 Å². The average molecular weight is 254 g/mol. The lowest BCUT2D eigenvalue weighted by Crippen LogP contribution is -2.39. The Kier molecular flexibility index (Phi) is 6.17. The number of nitrogens with one attached hydrogen (secondary N) is 1. The van der Waals surface area contributed by atoms with Gasteiger partial charge in [-0.15, -0.1) is 11.3 Å². The van der Waals surface area contributed by atoms with Crippen LogP contribution < -0.4 is 5.32 Å². The number of nitrogens with zero attached hydrogens (tertiary/aromatic N) is 1. The Labute approximate surface area is 110 Å². The molecule has 0 fully saturated rings. The van der Waals surface area contributed by atoms with E-state index in [1.165, 1.54) is 11.3 Å². The highest BCUT2D eigenvalue weighted by molar-refractivity contribution is 7.09. The fraction of sp³-hybridized carbons (Fsp3) is 0.714. The summed E-state index contributed by atoms with van der Waals surface area (Å²) in [4.78, 5) is 3.93. The van der Waals surface area contributed by atoms with E-state index in [4.69, 9.17) is 0 Å². The fourth-order valence-electron chi connectivity index (χ4n) is 2.08. The minimum absolute atomic E-state index is 0.347. The van der Waals surface area contributed by atoms with Gasteiger partial charge in [-0.3, -0.25) is 0 Å². The van der Waals surface area contributed by atoms with Gasteiger partial charge in [-0.25, -0.2) is 0 Å². The maximum absolute atomic E-state index is 3.44. The number of likely N-dealkylation sites (N-methyl/N-ethyl adjacent to an activating group) is 1. The van der Waals surface area contributed by atoms with Crippen molar-refractivity contribution in [1.29, 1.82) is 0 Å². The molecule has 1 aromatic heterocycles. The van der Waals surface area contributed by atoms with Crippen LogP contribution in [0.5, 0.6) is 0 Å². The average Bonchev–Trinajstić information content (AvgIpc) is 2.76. The highest BCUT2D eigenvalue weighted by Crippen LogP contribution is 2.16. The number of thiophene rings is 1. The largest absolute Gasteiger partial charge is 0.316 e. The van der Waals surface area contributed by atoms with Crippen LogP contribution in [0.15, 0.2) is 17.5 Å². The van der Waals surface area contributed by atoms with E-state index >= 15 is 0 Å². The van der Waals surface area contributed by atoms with E-state index in [0.29, 0.717) is 5.41 Å². The SMILES string of the molecule is CCNCC(C)(C)CN(C)CCc1cccs1. The van der Waals surface area contributed by atoms with Crippen molar-refractivity contribution >= 4 is 11.3 Å². The number of hydrogen-bond donors (Lipinski definition) is 1. The molecule has 1 N–H and O–H groups in total. The topological polar surface area (TPSA) is 15.3 Å². The van der Waals surface area contributed by atoms with Gasteiger partial charge in [0.1, 0.15) is 0 Å². The van der Waals surface area contributed by atoms with Crippen LogP contribution in [0.25, 0.3) is 0 Å². The van der Waals surface area contributed by atoms with Crippen LogP contribution in [0.2, 0.25) is 0 Å². The molecular formula is C14H26N2S. The minimum atomic E-state index is 0.347. The molecule has 0 aromatic carbocycles. The van der Waals surface area contributed by atoms with Crippen molar-refractivity contribution < 1.29 is 0 Å². The summed E-state index contributed by atoms with van der Waals surface area (Å²) in [5.41, 5.74) is 0.347. The Morgan fingerprint density at radius 1 is 1.41 bits per heavy atom. The molecule has 0 radical (unpaired) electrons. The van der Waals surface area contributed by atoms with E-state index < -0.39 is 0 Å². The van der Waals surface area contributed by atoms with E-state index in [9.17, 15) is 0 Å². The monoisotopic (exact) mass is 254 g/mol. The van der Waals surface area contributed by atoms with Gasteiger partial charge in [0.05, 0.1) is 0 Å². The van der Waals surface area contributed by atoms with Crippen molar-refractivity contribution in [3.8, 4) is 0 Å². The summed E-state index contributed by atoms with van der Waals surface area (Å²) in [7, 11) is 2.22. The van der Waals surface area contributed by atoms with Crippen molar-refractivity contribution in [3.05, 3.63) is 22.4 Å². The summed E-state index contributed by atoms with van der Waals surface area (Å²) in [5, 5.41) is 5.60. The van der Waals surface area contributed by atoms with Crippen molar-refractivity contribution in [1.82, 2.24) is 10.2 Å². The molecule has 17 heavy (non-hydrogen) atoms. The molecule has 0 aliphatic rings. The molecule has 0 aliphatic heterocycles. The smallest absolute Gasteiger partial charge is 0.00579 e. The van der Waals surface area contributed by atoms with E-state index in [1.807, 2.05) is 11.3 Å². The molecular weight excluding hydrogens is 228 g/mol. The van der Waals surface area contributed by atoms with Crippen molar-refractivity contribution in [2.24, 2.45) is 5.41 Å². The van der Waals surface area contributed by atoms with E-state index in [0.717, 1.165) is 26.2 Å². The summed E-state index contributed by atoms with van der Waals surface area (Å²) >= 11 is 1.86. The molecule has 0 aliphatic carbocycles. The van der Waals surface area contributed by atoms with Crippen LogP contribution in [-0.4, -0.2) is 38.1 Å². The van der Waals surface area contributed by atoms with Crippen molar-refractivity contribution in [3.63, 3.8) is 0 Å². The van der Waals surface area contributed by atoms with Gasteiger partial charge in [0, 0.05) is 24.5 Å². The second-order valence-corrected chi connectivity index (χ2v) is 6.54. The Hall–Kier alpha value is -0.380. The van der Waals surface area contributed by atoms with Gasteiger partial charge in [0.2, 0.25) is 0 Å². The van der Waals surface area contributed by atoms with E-state index in [-0.39, 0.29) is 0 Å². The molecule has 0 bridgehead atoms. The summed E-state index contributed by atoms with van der Waals surface area (Å²) < 4.78 is 0. The summed E-state index contributed by atoms with van der Waals surface area (Å²) in [5.74, 6) is 0. The zero-order valence-electron chi connectivity index (χ0n) is 11.6. The molecule has 98 valence electrons. The molecule has 0 amide bonds. The maximum Gasteiger partial charge on any atom is 0.00579 e. The normalized spacial score (nSPS) is 12.3. The molecule has 0 unspecified atom stereocenters. The zero-order valence-corrected chi connectivity index (χ0v) is 12.4. The molecule has 0 saturated heterocycles. The first-order chi connectivity index (χ1) is 8.03. The van der Waals surface area contributed by atoms with Gasteiger partial charge in [-0.05, 0) is 36.9 Å². The molecule has 0 spiro atoms. The van der Waals surface area contributed by atoms with Gasteiger partial charge >= 0.3 is 0 Å². The zero-order chi connectivity index (χ0) is 12.7. The van der Waals surface area contributed by atoms with Gasteiger partial charge in [-0.2, -0.15) is 0 Å². The maximum atomic E-state index is 3.44. The second-order valence-electron chi connectivity index (χ2n) is 5.51. The molecule has 3 heteroatoms. The van der Waals surface area contributed by atoms with Crippen LogP contribution in [0.4, 0.5) is 0 Å². The lowest BCUT2D eigenvalue weighted by atomic mass is 9.92. The quantitative estimate of drug-likeness (QED) is 0.767. The lowest BCUT2D eigenvalue weighted by Gasteiger charge is -2.30. The predicted molar refractivity (Wildman–Crippen MR) is 77.8 cm³/mol. The summed E-state index contributed by atoms with van der Waals surface area (Å²) in [6.45, 7) is 11.3. The molecule has 0 atom stereocenters. The van der Waals surface area contributed by atoms with Crippen LogP contribution >= 0.6 is 11.3 Å². The van der Waals surface area contributed by atoms with Crippen LogP contribution in [0, 0.1) is 5.41 Å². The summed E-state index contributed by atoms with van der Waals surface area (Å²) in [6.07, 6.45) is 1.17. The van der Waals surface area contributed by atoms with Gasteiger partial charge in [0.25, 0.3) is 0 Å². The first-order valence-electron chi connectivity index (χ1n) is 6.45. The van der Waals surface area contributed by atoms with Crippen LogP contribution in [0.1, 0.15) is 25.6 Å². The molecule has 1 aromatic rings. The van der Waals surface area contributed by atoms with Crippen molar-refractivity contribution in [2.75, 3.05) is 33.2 Å². The van der Waals surface area contributed by atoms with Crippen molar-refractivity contribution in [2.45, 2.75) is 27.2 Å². The minimum Gasteiger partial charge on any atom is -0.316 e. The number of rotatable bonds is 8. The highest BCUT2D eigenvalue weighted by atomic mass is 32.1. The van der Waals surface area contributed by atoms with Gasteiger partial charge in [0.15, 0.2) is 0 Å². The third-order valence-corrected chi connectivity index (χ3v) is 3.81. The highest BCUT2D eigenvalue weighted by Gasteiger charge is 2.19. The third-order valence-electron chi connectivity index (χ3n) is 2.87. The Morgan fingerprint density at radius 2 is 2.18 bits per heavy atom. The lowest BCUT2D eigenvalue weighted by molar-refractivity contribution is 0.207. The number of hydrogen-bond acceptors (Lipinski definition) is 3.